The number of rotatable bonds is 3. The Labute approximate surface area is 87.7 Å². The number of allylic oxidation sites excluding steroid dienone is 1. The first-order chi connectivity index (χ1) is 6.58. The molecule has 4 heteroatoms. The third-order valence-corrected chi connectivity index (χ3v) is 2.36. The van der Waals surface area contributed by atoms with E-state index in [-0.39, 0.29) is 5.56 Å². The monoisotopic (exact) mass is 210 g/mol. The van der Waals surface area contributed by atoms with Crippen LogP contribution in [0, 0.1) is 6.92 Å². The van der Waals surface area contributed by atoms with Crippen LogP contribution in [-0.4, -0.2) is 15.7 Å². The molecule has 0 aliphatic heterocycles. The first-order valence-electron chi connectivity index (χ1n) is 4.42. The largest absolute Gasteiger partial charge is 0.301 e. The van der Waals surface area contributed by atoms with Gasteiger partial charge in [0.1, 0.15) is 0 Å². The molecule has 0 amide bonds. The molecular formula is C10H14N2OS. The van der Waals surface area contributed by atoms with Gasteiger partial charge in [-0.15, -0.1) is 0 Å². The van der Waals surface area contributed by atoms with Crippen molar-refractivity contribution >= 4 is 11.8 Å². The molecule has 1 aromatic heterocycles. The molecule has 0 fully saturated rings. The summed E-state index contributed by atoms with van der Waals surface area (Å²) in [4.78, 5) is 18.0. The summed E-state index contributed by atoms with van der Waals surface area (Å²) < 4.78 is 0. The van der Waals surface area contributed by atoms with Gasteiger partial charge in [0.05, 0.1) is 0 Å². The van der Waals surface area contributed by atoms with Crippen molar-refractivity contribution in [2.24, 2.45) is 0 Å². The second-order valence-electron chi connectivity index (χ2n) is 3.28. The van der Waals surface area contributed by atoms with Crippen LogP contribution in [-0.2, 0) is 0 Å². The van der Waals surface area contributed by atoms with Gasteiger partial charge in [-0.1, -0.05) is 23.4 Å². The SMILES string of the molecule is CC(C)=CCSc1nc(C)cc(=O)[nH]1. The molecule has 0 aliphatic carbocycles. The Morgan fingerprint density at radius 2 is 2.36 bits per heavy atom. The molecule has 0 aliphatic rings. The van der Waals surface area contributed by atoms with Gasteiger partial charge in [-0.2, -0.15) is 0 Å². The smallest absolute Gasteiger partial charge is 0.251 e. The molecule has 76 valence electrons. The van der Waals surface area contributed by atoms with Crippen LogP contribution in [0.4, 0.5) is 0 Å². The van der Waals surface area contributed by atoms with E-state index in [1.807, 2.05) is 20.8 Å². The van der Waals surface area contributed by atoms with Crippen LogP contribution in [0.5, 0.6) is 0 Å². The zero-order valence-electron chi connectivity index (χ0n) is 8.63. The summed E-state index contributed by atoms with van der Waals surface area (Å²) in [6.45, 7) is 5.92. The maximum Gasteiger partial charge on any atom is 0.251 e. The van der Waals surface area contributed by atoms with Gasteiger partial charge < -0.3 is 4.98 Å². The lowest BCUT2D eigenvalue weighted by molar-refractivity contribution is 0.906. The van der Waals surface area contributed by atoms with E-state index in [1.165, 1.54) is 23.4 Å². The second-order valence-corrected chi connectivity index (χ2v) is 4.29. The first kappa shape index (κ1) is 11.0. The number of nitrogens with one attached hydrogen (secondary N) is 1. The average Bonchev–Trinajstić information content (AvgIpc) is 2.01. The van der Waals surface area contributed by atoms with Crippen LogP contribution in [0.15, 0.2) is 27.7 Å². The predicted molar refractivity (Wildman–Crippen MR) is 59.7 cm³/mol. The second kappa shape index (κ2) is 5.00. The third-order valence-electron chi connectivity index (χ3n) is 1.56. The predicted octanol–water partition coefficient (Wildman–Crippen LogP) is 2.14. The fraction of sp³-hybridized carbons (Fsp3) is 0.400. The van der Waals surface area contributed by atoms with E-state index >= 15 is 0 Å². The molecule has 3 nitrogen and oxygen atoms in total. The maximum absolute atomic E-state index is 11.1. The molecule has 0 atom stereocenters. The van der Waals surface area contributed by atoms with Gasteiger partial charge in [0, 0.05) is 17.5 Å². The number of hydrogen-bond acceptors (Lipinski definition) is 3. The van der Waals surface area contributed by atoms with Gasteiger partial charge in [-0.3, -0.25) is 4.79 Å². The number of aromatic amines is 1. The van der Waals surface area contributed by atoms with Gasteiger partial charge in [-0.05, 0) is 20.8 Å². The van der Waals surface area contributed by atoms with E-state index < -0.39 is 0 Å². The topological polar surface area (TPSA) is 45.8 Å². The standard InChI is InChI=1S/C10H14N2OS/c1-7(2)4-5-14-10-11-8(3)6-9(13)12-10/h4,6H,5H2,1-3H3,(H,11,12,13). The third kappa shape index (κ3) is 3.79. The molecular weight excluding hydrogens is 196 g/mol. The van der Waals surface area contributed by atoms with Crippen LogP contribution in [0.3, 0.4) is 0 Å². The Morgan fingerprint density at radius 1 is 1.64 bits per heavy atom. The lowest BCUT2D eigenvalue weighted by Gasteiger charge is -1.98. The van der Waals surface area contributed by atoms with E-state index in [0.29, 0.717) is 5.16 Å². The highest BCUT2D eigenvalue weighted by atomic mass is 32.2. The lowest BCUT2D eigenvalue weighted by atomic mass is 10.3. The average molecular weight is 210 g/mol. The Hall–Kier alpha value is -1.03. The molecule has 0 spiro atoms. The number of thioether (sulfide) groups is 1. The van der Waals surface area contributed by atoms with E-state index in [0.717, 1.165) is 11.4 Å². The van der Waals surface area contributed by atoms with Crippen LogP contribution >= 0.6 is 11.8 Å². The number of nitrogens with zero attached hydrogens (tertiary/aromatic N) is 1. The molecule has 1 heterocycles. The summed E-state index contributed by atoms with van der Waals surface area (Å²) in [5.41, 5.74) is 1.94. The van der Waals surface area contributed by atoms with Crippen molar-refractivity contribution in [1.82, 2.24) is 9.97 Å². The summed E-state index contributed by atoms with van der Waals surface area (Å²) in [5, 5.41) is 0.688. The van der Waals surface area contributed by atoms with Crippen molar-refractivity contribution in [3.8, 4) is 0 Å². The molecule has 0 saturated heterocycles. The Kier molecular flexibility index (Phi) is 3.95. The molecule has 1 aromatic rings. The fourth-order valence-electron chi connectivity index (χ4n) is 0.907. The number of hydrogen-bond donors (Lipinski definition) is 1. The maximum atomic E-state index is 11.1. The van der Waals surface area contributed by atoms with Crippen molar-refractivity contribution in [3.63, 3.8) is 0 Å². The number of aromatic nitrogens is 2. The van der Waals surface area contributed by atoms with Crippen molar-refractivity contribution in [2.45, 2.75) is 25.9 Å². The lowest BCUT2D eigenvalue weighted by Crippen LogP contribution is -2.08. The van der Waals surface area contributed by atoms with E-state index in [9.17, 15) is 4.79 Å². The quantitative estimate of drug-likeness (QED) is 0.472. The Bertz CT molecular complexity index is 391. The summed E-state index contributed by atoms with van der Waals surface area (Å²) in [6.07, 6.45) is 2.10. The molecule has 0 bridgehead atoms. The molecule has 0 unspecified atom stereocenters. The van der Waals surface area contributed by atoms with E-state index in [1.54, 1.807) is 0 Å². The molecule has 0 saturated carbocycles. The molecule has 0 aromatic carbocycles. The Balaban J connectivity index is 2.68. The molecule has 1 N–H and O–H groups in total. The first-order valence-corrected chi connectivity index (χ1v) is 5.40. The van der Waals surface area contributed by atoms with Crippen molar-refractivity contribution in [2.75, 3.05) is 5.75 Å². The van der Waals surface area contributed by atoms with Gasteiger partial charge in [0.25, 0.3) is 5.56 Å². The van der Waals surface area contributed by atoms with Crippen molar-refractivity contribution in [1.29, 1.82) is 0 Å². The highest BCUT2D eigenvalue weighted by molar-refractivity contribution is 7.99. The minimum absolute atomic E-state index is 0.0859. The normalized spacial score (nSPS) is 9.93. The highest BCUT2D eigenvalue weighted by Crippen LogP contribution is 2.11. The minimum atomic E-state index is -0.0859. The van der Waals surface area contributed by atoms with Gasteiger partial charge in [0.15, 0.2) is 5.16 Å². The fourth-order valence-corrected chi connectivity index (χ4v) is 1.86. The van der Waals surface area contributed by atoms with Gasteiger partial charge in [-0.25, -0.2) is 4.98 Å². The minimum Gasteiger partial charge on any atom is -0.301 e. The number of aryl methyl sites for hydroxylation is 1. The van der Waals surface area contributed by atoms with Crippen LogP contribution < -0.4 is 5.56 Å². The van der Waals surface area contributed by atoms with Crippen LogP contribution in [0.2, 0.25) is 0 Å². The van der Waals surface area contributed by atoms with Crippen molar-refractivity contribution < 1.29 is 0 Å². The summed E-state index contributed by atoms with van der Waals surface area (Å²) >= 11 is 1.53. The number of H-pyrrole nitrogens is 1. The Morgan fingerprint density at radius 3 is 2.93 bits per heavy atom. The van der Waals surface area contributed by atoms with Crippen molar-refractivity contribution in [3.05, 3.63) is 33.8 Å². The van der Waals surface area contributed by atoms with E-state index in [4.69, 9.17) is 0 Å². The molecule has 1 rings (SSSR count). The summed E-state index contributed by atoms with van der Waals surface area (Å²) in [7, 11) is 0. The van der Waals surface area contributed by atoms with Gasteiger partial charge >= 0.3 is 0 Å². The van der Waals surface area contributed by atoms with E-state index in [2.05, 4.69) is 16.0 Å². The highest BCUT2D eigenvalue weighted by Gasteiger charge is 1.96. The summed E-state index contributed by atoms with van der Waals surface area (Å²) in [5.74, 6) is 0.842. The molecule has 14 heavy (non-hydrogen) atoms. The molecule has 0 radical (unpaired) electrons. The van der Waals surface area contributed by atoms with Gasteiger partial charge in [0.2, 0.25) is 0 Å². The van der Waals surface area contributed by atoms with Crippen LogP contribution in [0.25, 0.3) is 0 Å². The van der Waals surface area contributed by atoms with Crippen LogP contribution in [0.1, 0.15) is 19.5 Å². The zero-order chi connectivity index (χ0) is 10.6. The zero-order valence-corrected chi connectivity index (χ0v) is 9.44. The summed E-state index contributed by atoms with van der Waals surface area (Å²) in [6, 6.07) is 1.49.